The van der Waals surface area contributed by atoms with Crippen LogP contribution < -0.4 is 5.73 Å². The number of likely N-dealkylation sites (tertiary alicyclic amines) is 1. The number of carbonyl (C=O) groups excluding carboxylic acids is 1. The van der Waals surface area contributed by atoms with Gasteiger partial charge in [0.1, 0.15) is 0 Å². The number of ether oxygens (including phenoxy) is 1. The normalized spacial score (nSPS) is 22.6. The van der Waals surface area contributed by atoms with E-state index in [1.54, 1.807) is 12.1 Å². The Labute approximate surface area is 154 Å². The molecule has 2 aliphatic rings. The van der Waals surface area contributed by atoms with Crippen molar-refractivity contribution in [3.05, 3.63) is 34.9 Å². The van der Waals surface area contributed by atoms with Gasteiger partial charge in [-0.1, -0.05) is 23.7 Å². The van der Waals surface area contributed by atoms with Gasteiger partial charge in [0.25, 0.3) is 0 Å². The van der Waals surface area contributed by atoms with Crippen LogP contribution in [-0.2, 0) is 9.53 Å². The standard InChI is InChI=1S/C19H27ClN2O3/c20-16-3-1-14(2-4-16)18(23)15-5-9-22(10-6-15)19(24)17(21)13-7-11-25-12-8-13/h1-4,13,15,17-18,23H,5-12,21H2. The van der Waals surface area contributed by atoms with E-state index in [-0.39, 0.29) is 17.7 Å². The second-order valence-corrected chi connectivity index (χ2v) is 7.57. The average Bonchev–Trinajstić information content (AvgIpc) is 2.67. The Bertz CT molecular complexity index is 567. The van der Waals surface area contributed by atoms with Gasteiger partial charge in [0.15, 0.2) is 0 Å². The highest BCUT2D eigenvalue weighted by Crippen LogP contribution is 2.32. The van der Waals surface area contributed by atoms with E-state index < -0.39 is 12.1 Å². The maximum Gasteiger partial charge on any atom is 0.239 e. The van der Waals surface area contributed by atoms with Crippen LogP contribution in [-0.4, -0.2) is 48.3 Å². The summed E-state index contributed by atoms with van der Waals surface area (Å²) in [5, 5.41) is 11.3. The van der Waals surface area contributed by atoms with Gasteiger partial charge in [0.2, 0.25) is 5.91 Å². The van der Waals surface area contributed by atoms with E-state index in [9.17, 15) is 9.90 Å². The van der Waals surface area contributed by atoms with E-state index in [0.717, 1.165) is 31.2 Å². The molecule has 2 atom stereocenters. The second kappa shape index (κ2) is 8.49. The van der Waals surface area contributed by atoms with Crippen molar-refractivity contribution in [3.63, 3.8) is 0 Å². The smallest absolute Gasteiger partial charge is 0.239 e. The summed E-state index contributed by atoms with van der Waals surface area (Å²) in [7, 11) is 0. The number of aliphatic hydroxyl groups excluding tert-OH is 1. The van der Waals surface area contributed by atoms with Crippen LogP contribution in [0.2, 0.25) is 5.02 Å². The lowest BCUT2D eigenvalue weighted by Gasteiger charge is -2.37. The molecular formula is C19H27ClN2O3. The van der Waals surface area contributed by atoms with Gasteiger partial charge in [-0.15, -0.1) is 0 Å². The molecule has 138 valence electrons. The minimum atomic E-state index is -0.515. The second-order valence-electron chi connectivity index (χ2n) is 7.13. The molecule has 2 saturated heterocycles. The molecule has 1 amide bonds. The van der Waals surface area contributed by atoms with Gasteiger partial charge in [-0.25, -0.2) is 0 Å². The van der Waals surface area contributed by atoms with Crippen molar-refractivity contribution >= 4 is 17.5 Å². The molecule has 25 heavy (non-hydrogen) atoms. The van der Waals surface area contributed by atoms with E-state index in [0.29, 0.717) is 31.3 Å². The number of halogens is 1. The van der Waals surface area contributed by atoms with Crippen LogP contribution in [0.15, 0.2) is 24.3 Å². The number of rotatable bonds is 4. The van der Waals surface area contributed by atoms with Crippen molar-refractivity contribution in [1.82, 2.24) is 4.90 Å². The van der Waals surface area contributed by atoms with Crippen molar-refractivity contribution in [1.29, 1.82) is 0 Å². The fourth-order valence-electron chi connectivity index (χ4n) is 3.86. The van der Waals surface area contributed by atoms with E-state index >= 15 is 0 Å². The molecule has 1 aromatic rings. The van der Waals surface area contributed by atoms with Gasteiger partial charge in [-0.3, -0.25) is 4.79 Å². The summed E-state index contributed by atoms with van der Waals surface area (Å²) >= 11 is 5.90. The number of nitrogens with zero attached hydrogens (tertiary/aromatic N) is 1. The molecule has 1 aromatic carbocycles. The molecule has 0 aliphatic carbocycles. The zero-order valence-electron chi connectivity index (χ0n) is 14.4. The molecule has 0 bridgehead atoms. The van der Waals surface area contributed by atoms with Gasteiger partial charge in [-0.05, 0) is 55.2 Å². The van der Waals surface area contributed by atoms with Crippen molar-refractivity contribution in [2.24, 2.45) is 17.6 Å². The SMILES string of the molecule is NC(C(=O)N1CCC(C(O)c2ccc(Cl)cc2)CC1)C1CCOCC1. The minimum Gasteiger partial charge on any atom is -0.388 e. The first-order valence-electron chi connectivity index (χ1n) is 9.12. The van der Waals surface area contributed by atoms with Gasteiger partial charge < -0.3 is 20.5 Å². The molecule has 5 nitrogen and oxygen atoms in total. The number of nitrogens with two attached hydrogens (primary N) is 1. The number of hydrogen-bond acceptors (Lipinski definition) is 4. The zero-order valence-corrected chi connectivity index (χ0v) is 15.2. The molecule has 2 fully saturated rings. The summed E-state index contributed by atoms with van der Waals surface area (Å²) in [6, 6.07) is 6.90. The van der Waals surface area contributed by atoms with Crippen LogP contribution in [0.5, 0.6) is 0 Å². The molecule has 0 radical (unpaired) electrons. The zero-order chi connectivity index (χ0) is 17.8. The van der Waals surface area contributed by atoms with Crippen LogP contribution in [0.3, 0.4) is 0 Å². The number of aliphatic hydroxyl groups is 1. The largest absolute Gasteiger partial charge is 0.388 e. The summed E-state index contributed by atoms with van der Waals surface area (Å²) in [6.45, 7) is 2.71. The maximum atomic E-state index is 12.7. The first kappa shape index (κ1) is 18.6. The molecule has 0 saturated carbocycles. The van der Waals surface area contributed by atoms with Crippen LogP contribution in [0, 0.1) is 11.8 Å². The Morgan fingerprint density at radius 1 is 1.12 bits per heavy atom. The third kappa shape index (κ3) is 4.53. The average molecular weight is 367 g/mol. The lowest BCUT2D eigenvalue weighted by atomic mass is 9.86. The topological polar surface area (TPSA) is 75.8 Å². The van der Waals surface area contributed by atoms with Gasteiger partial charge >= 0.3 is 0 Å². The first-order valence-corrected chi connectivity index (χ1v) is 9.49. The van der Waals surface area contributed by atoms with Crippen molar-refractivity contribution in [3.8, 4) is 0 Å². The Morgan fingerprint density at radius 2 is 1.72 bits per heavy atom. The van der Waals surface area contributed by atoms with Gasteiger partial charge in [0, 0.05) is 31.3 Å². The third-order valence-electron chi connectivity index (χ3n) is 5.57. The lowest BCUT2D eigenvalue weighted by Crippen LogP contribution is -2.51. The number of piperidine rings is 1. The monoisotopic (exact) mass is 366 g/mol. The third-order valence-corrected chi connectivity index (χ3v) is 5.82. The van der Waals surface area contributed by atoms with E-state index in [1.165, 1.54) is 0 Å². The fraction of sp³-hybridized carbons (Fsp3) is 0.632. The molecule has 3 rings (SSSR count). The number of benzene rings is 1. The number of hydrogen-bond donors (Lipinski definition) is 2. The highest BCUT2D eigenvalue weighted by molar-refractivity contribution is 6.30. The predicted octanol–water partition coefficient (Wildman–Crippen LogP) is 2.37. The van der Waals surface area contributed by atoms with Crippen molar-refractivity contribution in [2.75, 3.05) is 26.3 Å². The predicted molar refractivity (Wildman–Crippen MR) is 97.2 cm³/mol. The minimum absolute atomic E-state index is 0.0475. The summed E-state index contributed by atoms with van der Waals surface area (Å²) in [4.78, 5) is 14.5. The van der Waals surface area contributed by atoms with Crippen molar-refractivity contribution < 1.29 is 14.6 Å². The van der Waals surface area contributed by atoms with E-state index in [4.69, 9.17) is 22.1 Å². The van der Waals surface area contributed by atoms with Crippen LogP contribution >= 0.6 is 11.6 Å². The van der Waals surface area contributed by atoms with E-state index in [2.05, 4.69) is 0 Å². The lowest BCUT2D eigenvalue weighted by molar-refractivity contribution is -0.136. The Morgan fingerprint density at radius 3 is 2.32 bits per heavy atom. The fourth-order valence-corrected chi connectivity index (χ4v) is 3.98. The number of carbonyl (C=O) groups is 1. The highest BCUT2D eigenvalue weighted by atomic mass is 35.5. The molecule has 6 heteroatoms. The summed E-state index contributed by atoms with van der Waals surface area (Å²) < 4.78 is 5.35. The Hall–Kier alpha value is -1.14. The van der Waals surface area contributed by atoms with Crippen LogP contribution in [0.1, 0.15) is 37.4 Å². The van der Waals surface area contributed by atoms with Crippen LogP contribution in [0.25, 0.3) is 0 Å². The molecule has 2 unspecified atom stereocenters. The quantitative estimate of drug-likeness (QED) is 0.857. The molecule has 2 heterocycles. The molecule has 0 spiro atoms. The Kier molecular flexibility index (Phi) is 6.34. The van der Waals surface area contributed by atoms with Gasteiger partial charge in [-0.2, -0.15) is 0 Å². The van der Waals surface area contributed by atoms with Crippen molar-refractivity contribution in [2.45, 2.75) is 37.8 Å². The van der Waals surface area contributed by atoms with Crippen LogP contribution in [0.4, 0.5) is 0 Å². The summed E-state index contributed by atoms with van der Waals surface area (Å²) in [6.07, 6.45) is 2.78. The Balaban J connectivity index is 1.52. The molecule has 3 N–H and O–H groups in total. The number of amides is 1. The summed E-state index contributed by atoms with van der Waals surface area (Å²) in [5.74, 6) is 0.425. The van der Waals surface area contributed by atoms with E-state index in [1.807, 2.05) is 17.0 Å². The summed E-state index contributed by atoms with van der Waals surface area (Å²) in [5.41, 5.74) is 7.10. The maximum absolute atomic E-state index is 12.7. The molecule has 2 aliphatic heterocycles. The first-order chi connectivity index (χ1) is 12.1. The highest BCUT2D eigenvalue weighted by Gasteiger charge is 2.33. The molecular weight excluding hydrogens is 340 g/mol. The molecule has 0 aromatic heterocycles. The van der Waals surface area contributed by atoms with Gasteiger partial charge in [0.05, 0.1) is 12.1 Å².